The fourth-order valence-corrected chi connectivity index (χ4v) is 2.94. The van der Waals surface area contributed by atoms with Crippen LogP contribution in [-0.4, -0.2) is 15.7 Å². The molecule has 0 fully saturated rings. The second kappa shape index (κ2) is 8.84. The molecule has 0 spiro atoms. The molecule has 1 N–H and O–H groups in total. The lowest BCUT2D eigenvalue weighted by molar-refractivity contribution is -0.121. The zero-order valence-corrected chi connectivity index (χ0v) is 15.9. The van der Waals surface area contributed by atoms with E-state index in [2.05, 4.69) is 10.4 Å². The Morgan fingerprint density at radius 1 is 1.04 bits per heavy atom. The minimum absolute atomic E-state index is 0.135. The van der Waals surface area contributed by atoms with E-state index in [-0.39, 0.29) is 24.4 Å². The summed E-state index contributed by atoms with van der Waals surface area (Å²) < 4.78 is 1.28. The van der Waals surface area contributed by atoms with Crippen molar-refractivity contribution < 1.29 is 4.79 Å². The summed E-state index contributed by atoms with van der Waals surface area (Å²) in [4.78, 5) is 24.1. The van der Waals surface area contributed by atoms with Gasteiger partial charge in [0, 0.05) is 34.6 Å². The highest BCUT2D eigenvalue weighted by atomic mass is 35.5. The van der Waals surface area contributed by atoms with Gasteiger partial charge < -0.3 is 5.32 Å². The number of hydrogen-bond acceptors (Lipinski definition) is 3. The van der Waals surface area contributed by atoms with Crippen molar-refractivity contribution in [2.45, 2.75) is 19.5 Å². The Hall–Kier alpha value is -2.63. The lowest BCUT2D eigenvalue weighted by Gasteiger charge is -2.09. The minimum Gasteiger partial charge on any atom is -0.352 e. The molecule has 3 aromatic rings. The van der Waals surface area contributed by atoms with E-state index in [1.807, 2.05) is 30.3 Å². The highest BCUT2D eigenvalue weighted by Gasteiger charge is 2.08. The van der Waals surface area contributed by atoms with Gasteiger partial charge in [-0.3, -0.25) is 9.59 Å². The van der Waals surface area contributed by atoms with Gasteiger partial charge in [-0.05, 0) is 29.8 Å². The third-order valence-corrected chi connectivity index (χ3v) is 4.58. The number of nitrogens with one attached hydrogen (secondary N) is 1. The number of hydrogen-bond donors (Lipinski definition) is 1. The van der Waals surface area contributed by atoms with Crippen LogP contribution in [0.25, 0.3) is 11.3 Å². The maximum Gasteiger partial charge on any atom is 0.266 e. The van der Waals surface area contributed by atoms with Crippen LogP contribution in [0.15, 0.2) is 65.5 Å². The summed E-state index contributed by atoms with van der Waals surface area (Å²) in [5.74, 6) is -0.184. The molecule has 27 heavy (non-hydrogen) atoms. The minimum atomic E-state index is -0.264. The van der Waals surface area contributed by atoms with Gasteiger partial charge in [-0.25, -0.2) is 4.68 Å². The molecule has 7 heteroatoms. The van der Waals surface area contributed by atoms with Crippen LogP contribution in [0.2, 0.25) is 10.0 Å². The summed E-state index contributed by atoms with van der Waals surface area (Å²) in [5, 5.41) is 8.32. The van der Waals surface area contributed by atoms with Crippen molar-refractivity contribution in [1.82, 2.24) is 15.1 Å². The molecule has 0 aliphatic rings. The molecule has 1 heterocycles. The summed E-state index contributed by atoms with van der Waals surface area (Å²) in [6.07, 6.45) is 0.135. The van der Waals surface area contributed by atoms with Crippen molar-refractivity contribution in [2.24, 2.45) is 0 Å². The second-order valence-corrected chi connectivity index (χ2v) is 6.75. The zero-order chi connectivity index (χ0) is 19.2. The largest absolute Gasteiger partial charge is 0.352 e. The Morgan fingerprint density at radius 2 is 1.85 bits per heavy atom. The van der Waals surface area contributed by atoms with Gasteiger partial charge in [0.15, 0.2) is 0 Å². The van der Waals surface area contributed by atoms with Crippen molar-refractivity contribution >= 4 is 29.1 Å². The smallest absolute Gasteiger partial charge is 0.266 e. The van der Waals surface area contributed by atoms with Crippen molar-refractivity contribution in [1.29, 1.82) is 0 Å². The predicted molar refractivity (Wildman–Crippen MR) is 107 cm³/mol. The molecule has 0 aliphatic carbocycles. The summed E-state index contributed by atoms with van der Waals surface area (Å²) in [5.41, 5.74) is 2.00. The molecule has 1 amide bonds. The second-order valence-electron chi connectivity index (χ2n) is 5.91. The van der Waals surface area contributed by atoms with Crippen molar-refractivity contribution in [3.63, 3.8) is 0 Å². The van der Waals surface area contributed by atoms with E-state index in [0.29, 0.717) is 22.3 Å². The topological polar surface area (TPSA) is 64.0 Å². The SMILES string of the molecule is O=C(CCn1nc(-c2cccc(Cl)c2)ccc1=O)NCc1ccccc1Cl. The molecular weight excluding hydrogens is 385 g/mol. The molecule has 0 radical (unpaired) electrons. The molecule has 3 rings (SSSR count). The van der Waals surface area contributed by atoms with Crippen LogP contribution < -0.4 is 10.9 Å². The molecule has 138 valence electrons. The Kier molecular flexibility index (Phi) is 6.27. The van der Waals surface area contributed by atoms with E-state index in [1.54, 1.807) is 24.3 Å². The fraction of sp³-hybridized carbons (Fsp3) is 0.150. The molecule has 1 aromatic heterocycles. The van der Waals surface area contributed by atoms with Crippen LogP contribution in [0.5, 0.6) is 0 Å². The number of carbonyl (C=O) groups excluding carboxylic acids is 1. The van der Waals surface area contributed by atoms with Gasteiger partial charge in [-0.1, -0.05) is 53.5 Å². The maximum absolute atomic E-state index is 12.1. The van der Waals surface area contributed by atoms with E-state index >= 15 is 0 Å². The summed E-state index contributed by atoms with van der Waals surface area (Å²) in [6, 6.07) is 17.6. The number of nitrogens with zero attached hydrogens (tertiary/aromatic N) is 2. The summed E-state index contributed by atoms with van der Waals surface area (Å²) >= 11 is 12.1. The first-order valence-corrected chi connectivity index (χ1v) is 9.13. The summed E-state index contributed by atoms with van der Waals surface area (Å²) in [7, 11) is 0. The van der Waals surface area contributed by atoms with Crippen LogP contribution in [0.4, 0.5) is 0 Å². The normalized spacial score (nSPS) is 10.6. The third kappa shape index (κ3) is 5.18. The van der Waals surface area contributed by atoms with Gasteiger partial charge in [0.25, 0.3) is 5.56 Å². The molecule has 2 aromatic carbocycles. The van der Waals surface area contributed by atoms with E-state index in [9.17, 15) is 9.59 Å². The summed E-state index contributed by atoms with van der Waals surface area (Å²) in [6.45, 7) is 0.519. The number of aryl methyl sites for hydroxylation is 1. The Labute approximate surface area is 166 Å². The van der Waals surface area contributed by atoms with Crippen molar-refractivity contribution in [3.05, 3.63) is 86.6 Å². The zero-order valence-electron chi connectivity index (χ0n) is 14.4. The average Bonchev–Trinajstić information content (AvgIpc) is 2.66. The Balaban J connectivity index is 1.63. The lowest BCUT2D eigenvalue weighted by Crippen LogP contribution is -2.28. The molecule has 0 atom stereocenters. The van der Waals surface area contributed by atoms with Crippen LogP contribution in [-0.2, 0) is 17.9 Å². The highest BCUT2D eigenvalue weighted by Crippen LogP contribution is 2.19. The van der Waals surface area contributed by atoms with Gasteiger partial charge in [-0.15, -0.1) is 0 Å². The van der Waals surface area contributed by atoms with Crippen molar-refractivity contribution in [3.8, 4) is 11.3 Å². The van der Waals surface area contributed by atoms with Crippen LogP contribution >= 0.6 is 23.2 Å². The number of benzene rings is 2. The lowest BCUT2D eigenvalue weighted by atomic mass is 10.1. The fourth-order valence-electron chi connectivity index (χ4n) is 2.54. The first-order valence-electron chi connectivity index (χ1n) is 8.37. The van der Waals surface area contributed by atoms with E-state index < -0.39 is 0 Å². The van der Waals surface area contributed by atoms with E-state index in [0.717, 1.165) is 11.1 Å². The molecule has 0 saturated carbocycles. The average molecular weight is 402 g/mol. The van der Waals surface area contributed by atoms with E-state index in [1.165, 1.54) is 10.7 Å². The number of amides is 1. The predicted octanol–water partition coefficient (Wildman–Crippen LogP) is 3.92. The maximum atomic E-state index is 12.1. The highest BCUT2D eigenvalue weighted by molar-refractivity contribution is 6.31. The quantitative estimate of drug-likeness (QED) is 0.680. The molecule has 5 nitrogen and oxygen atoms in total. The number of aromatic nitrogens is 2. The first kappa shape index (κ1) is 19.1. The molecule has 0 aliphatic heterocycles. The van der Waals surface area contributed by atoms with E-state index in [4.69, 9.17) is 23.2 Å². The Bertz CT molecular complexity index is 1020. The van der Waals surface area contributed by atoms with Gasteiger partial charge in [0.1, 0.15) is 0 Å². The number of rotatable bonds is 6. The molecule has 0 unspecified atom stereocenters. The monoisotopic (exact) mass is 401 g/mol. The Morgan fingerprint density at radius 3 is 2.63 bits per heavy atom. The molecule has 0 bridgehead atoms. The van der Waals surface area contributed by atoms with Gasteiger partial charge in [-0.2, -0.15) is 5.10 Å². The first-order chi connectivity index (χ1) is 13.0. The van der Waals surface area contributed by atoms with Crippen LogP contribution in [0, 0.1) is 0 Å². The van der Waals surface area contributed by atoms with Crippen molar-refractivity contribution in [2.75, 3.05) is 0 Å². The van der Waals surface area contributed by atoms with Gasteiger partial charge in [0.05, 0.1) is 12.2 Å². The van der Waals surface area contributed by atoms with Gasteiger partial charge in [0.2, 0.25) is 5.91 Å². The number of carbonyl (C=O) groups is 1. The van der Waals surface area contributed by atoms with Crippen LogP contribution in [0.3, 0.4) is 0 Å². The van der Waals surface area contributed by atoms with Gasteiger partial charge >= 0.3 is 0 Å². The standard InChI is InChI=1S/C20H17Cl2N3O2/c21-16-6-3-5-14(12-16)18-8-9-20(27)25(24-18)11-10-19(26)23-13-15-4-1-2-7-17(15)22/h1-9,12H,10-11,13H2,(H,23,26). The molecular formula is C20H17Cl2N3O2. The molecule has 0 saturated heterocycles. The third-order valence-electron chi connectivity index (χ3n) is 3.97. The van der Waals surface area contributed by atoms with Crippen LogP contribution in [0.1, 0.15) is 12.0 Å². The number of halogens is 2.